The van der Waals surface area contributed by atoms with E-state index in [1.54, 1.807) is 0 Å². The molecule has 0 spiro atoms. The van der Waals surface area contributed by atoms with Gasteiger partial charge in [0.15, 0.2) is 5.82 Å². The largest absolute Gasteiger partial charge is 0.478 e. The van der Waals surface area contributed by atoms with Crippen LogP contribution in [0.2, 0.25) is 25.7 Å². The Morgan fingerprint density at radius 2 is 2.06 bits per heavy atom. The van der Waals surface area contributed by atoms with E-state index in [0.717, 1.165) is 42.6 Å². The van der Waals surface area contributed by atoms with Gasteiger partial charge >= 0.3 is 0 Å². The maximum absolute atomic E-state index is 13.4. The molecule has 0 unspecified atom stereocenters. The van der Waals surface area contributed by atoms with Crippen LogP contribution in [0.15, 0.2) is 18.2 Å². The van der Waals surface area contributed by atoms with E-state index < -0.39 is 13.5 Å². The Balaban J connectivity index is 1.62. The molecule has 0 saturated carbocycles. The standard InChI is InChI=1S/C23H35N5O3Si/c1-23(2)10-7-11-31-20-9-6-8-19(24-20)25-21-17-14-27(22(23)29)15-18(17)28(26-21)16-30-12-13-32(3,4)5/h6,8-9H,7,10-16H2,1-5H3,(H,24,25,26). The summed E-state index contributed by atoms with van der Waals surface area (Å²) in [5, 5.41) is 8.12. The summed E-state index contributed by atoms with van der Waals surface area (Å²) in [5.41, 5.74) is 1.62. The van der Waals surface area contributed by atoms with Gasteiger partial charge in [0.1, 0.15) is 12.5 Å². The maximum Gasteiger partial charge on any atom is 0.228 e. The number of nitrogens with zero attached hydrogens (tertiary/aromatic N) is 4. The van der Waals surface area contributed by atoms with Gasteiger partial charge in [0.05, 0.1) is 25.4 Å². The molecule has 0 aliphatic carbocycles. The number of carbonyl (C=O) groups is 1. The van der Waals surface area contributed by atoms with Crippen LogP contribution >= 0.6 is 0 Å². The van der Waals surface area contributed by atoms with E-state index in [0.29, 0.717) is 38.1 Å². The number of hydrogen-bond donors (Lipinski definition) is 1. The third-order valence-electron chi connectivity index (χ3n) is 6.10. The van der Waals surface area contributed by atoms with E-state index in [4.69, 9.17) is 14.6 Å². The van der Waals surface area contributed by atoms with Gasteiger partial charge in [-0.3, -0.25) is 4.79 Å². The Morgan fingerprint density at radius 1 is 1.25 bits per heavy atom. The van der Waals surface area contributed by atoms with Gasteiger partial charge in [-0.15, -0.1) is 0 Å². The smallest absolute Gasteiger partial charge is 0.228 e. The first-order chi connectivity index (χ1) is 15.1. The summed E-state index contributed by atoms with van der Waals surface area (Å²) in [6.45, 7) is 13.8. The van der Waals surface area contributed by atoms with Crippen LogP contribution in [-0.2, 0) is 29.4 Å². The lowest BCUT2D eigenvalue weighted by Crippen LogP contribution is -2.38. The van der Waals surface area contributed by atoms with Crippen molar-refractivity contribution in [1.82, 2.24) is 19.7 Å². The molecule has 0 saturated heterocycles. The van der Waals surface area contributed by atoms with Crippen molar-refractivity contribution in [3.63, 3.8) is 0 Å². The lowest BCUT2D eigenvalue weighted by Gasteiger charge is -2.29. The number of pyridine rings is 1. The molecule has 2 aliphatic heterocycles. The van der Waals surface area contributed by atoms with E-state index in [-0.39, 0.29) is 5.91 Å². The zero-order valence-electron chi connectivity index (χ0n) is 19.9. The molecule has 0 aromatic carbocycles. The summed E-state index contributed by atoms with van der Waals surface area (Å²) in [4.78, 5) is 19.9. The van der Waals surface area contributed by atoms with Crippen LogP contribution in [0.4, 0.5) is 11.6 Å². The molecule has 4 heterocycles. The zero-order valence-corrected chi connectivity index (χ0v) is 20.9. The van der Waals surface area contributed by atoms with E-state index in [1.807, 2.05) is 41.6 Å². The highest BCUT2D eigenvalue weighted by atomic mass is 28.3. The molecule has 1 N–H and O–H groups in total. The minimum absolute atomic E-state index is 0.166. The van der Waals surface area contributed by atoms with Crippen molar-refractivity contribution < 1.29 is 14.3 Å². The van der Waals surface area contributed by atoms with Crippen LogP contribution in [-0.4, -0.2) is 46.9 Å². The van der Waals surface area contributed by atoms with Gasteiger partial charge < -0.3 is 19.7 Å². The number of fused-ring (bicyclic) bond motifs is 3. The van der Waals surface area contributed by atoms with Crippen molar-refractivity contribution in [2.24, 2.45) is 5.41 Å². The average molecular weight is 458 g/mol. The van der Waals surface area contributed by atoms with Crippen LogP contribution in [0.25, 0.3) is 0 Å². The molecule has 2 aromatic heterocycles. The van der Waals surface area contributed by atoms with Gasteiger partial charge in [0, 0.05) is 31.7 Å². The number of ether oxygens (including phenoxy) is 2. The Labute approximate surface area is 191 Å². The summed E-state index contributed by atoms with van der Waals surface area (Å²) in [7, 11) is -1.16. The van der Waals surface area contributed by atoms with E-state index >= 15 is 0 Å². The molecule has 1 amide bonds. The summed E-state index contributed by atoms with van der Waals surface area (Å²) in [5.74, 6) is 2.14. The number of hydrogen-bond acceptors (Lipinski definition) is 6. The predicted octanol–water partition coefficient (Wildman–Crippen LogP) is 4.38. The van der Waals surface area contributed by atoms with E-state index in [1.165, 1.54) is 0 Å². The number of rotatable bonds is 5. The molecule has 0 atom stereocenters. The summed E-state index contributed by atoms with van der Waals surface area (Å²) in [6, 6.07) is 6.78. The highest BCUT2D eigenvalue weighted by Gasteiger charge is 2.37. The molecule has 9 heteroatoms. The summed E-state index contributed by atoms with van der Waals surface area (Å²) >= 11 is 0. The SMILES string of the molecule is CC1(C)CCCOc2cccc(n2)Nc2nn(COCC[Si](C)(C)C)c3c2CN(C3)C1=O. The molecule has 0 fully saturated rings. The average Bonchev–Trinajstić information content (AvgIpc) is 3.28. The Bertz CT molecular complexity index is 982. The fourth-order valence-electron chi connectivity index (χ4n) is 4.10. The quantitative estimate of drug-likeness (QED) is 0.530. The van der Waals surface area contributed by atoms with Gasteiger partial charge in [-0.05, 0) is 25.0 Å². The second-order valence-electron chi connectivity index (χ2n) is 10.6. The van der Waals surface area contributed by atoms with Crippen LogP contribution in [0.3, 0.4) is 0 Å². The van der Waals surface area contributed by atoms with Crippen molar-refractivity contribution in [1.29, 1.82) is 0 Å². The summed E-state index contributed by atoms with van der Waals surface area (Å²) in [6.07, 6.45) is 1.55. The fraction of sp³-hybridized carbons (Fsp3) is 0.609. The molecule has 2 aliphatic rings. The Kier molecular flexibility index (Phi) is 6.31. The van der Waals surface area contributed by atoms with E-state index in [2.05, 4.69) is 29.9 Å². The lowest BCUT2D eigenvalue weighted by molar-refractivity contribution is -0.141. The predicted molar refractivity (Wildman–Crippen MR) is 127 cm³/mol. The highest BCUT2D eigenvalue weighted by molar-refractivity contribution is 6.76. The molecule has 4 bridgehead atoms. The molecule has 8 nitrogen and oxygen atoms in total. The molecule has 0 radical (unpaired) electrons. The van der Waals surface area contributed by atoms with Crippen LogP contribution in [0.1, 0.15) is 37.9 Å². The van der Waals surface area contributed by atoms with Crippen molar-refractivity contribution in [2.75, 3.05) is 18.5 Å². The van der Waals surface area contributed by atoms with Gasteiger partial charge in [-0.1, -0.05) is 39.6 Å². The molecule has 4 rings (SSSR count). The number of nitrogens with one attached hydrogen (secondary N) is 1. The Morgan fingerprint density at radius 3 is 2.84 bits per heavy atom. The van der Waals surface area contributed by atoms with Gasteiger partial charge in [-0.2, -0.15) is 10.1 Å². The number of carbonyl (C=O) groups excluding carboxylic acids is 1. The highest BCUT2D eigenvalue weighted by Crippen LogP contribution is 2.35. The lowest BCUT2D eigenvalue weighted by atomic mass is 9.86. The first-order valence-corrected chi connectivity index (χ1v) is 15.2. The number of anilines is 2. The molecule has 32 heavy (non-hydrogen) atoms. The van der Waals surface area contributed by atoms with Crippen molar-refractivity contribution in [2.45, 2.75) is 72.2 Å². The van der Waals surface area contributed by atoms with Crippen LogP contribution < -0.4 is 10.1 Å². The zero-order chi connectivity index (χ0) is 22.9. The third-order valence-corrected chi connectivity index (χ3v) is 7.80. The summed E-state index contributed by atoms with van der Waals surface area (Å²) < 4.78 is 13.7. The Hall–Kier alpha value is -2.39. The normalized spacial score (nSPS) is 18.2. The topological polar surface area (TPSA) is 81.5 Å². The molecule has 174 valence electrons. The second-order valence-corrected chi connectivity index (χ2v) is 16.2. The number of aromatic nitrogens is 3. The fourth-order valence-corrected chi connectivity index (χ4v) is 4.85. The number of amides is 1. The van der Waals surface area contributed by atoms with Crippen molar-refractivity contribution in [3.8, 4) is 5.88 Å². The first-order valence-electron chi connectivity index (χ1n) is 11.4. The van der Waals surface area contributed by atoms with Gasteiger partial charge in [0.2, 0.25) is 11.8 Å². The maximum atomic E-state index is 13.4. The van der Waals surface area contributed by atoms with Gasteiger partial charge in [-0.25, -0.2) is 4.68 Å². The van der Waals surface area contributed by atoms with Crippen LogP contribution in [0.5, 0.6) is 5.88 Å². The third kappa shape index (κ3) is 5.15. The van der Waals surface area contributed by atoms with Gasteiger partial charge in [0.25, 0.3) is 0 Å². The van der Waals surface area contributed by atoms with Crippen molar-refractivity contribution in [3.05, 3.63) is 29.5 Å². The molecular formula is C23H35N5O3Si. The monoisotopic (exact) mass is 457 g/mol. The molecular weight excluding hydrogens is 422 g/mol. The minimum atomic E-state index is -1.16. The second kappa shape index (κ2) is 8.86. The first kappa shape index (κ1) is 22.8. The molecule has 2 aromatic rings. The van der Waals surface area contributed by atoms with Crippen LogP contribution in [0, 0.1) is 5.41 Å². The van der Waals surface area contributed by atoms with E-state index in [9.17, 15) is 4.79 Å². The minimum Gasteiger partial charge on any atom is -0.478 e. The van der Waals surface area contributed by atoms with Crippen molar-refractivity contribution >= 4 is 25.6 Å².